The largest absolute Gasteiger partial charge is 0.396 e. The lowest BCUT2D eigenvalue weighted by molar-refractivity contribution is -0.128. The van der Waals surface area contributed by atoms with Crippen LogP contribution in [0.3, 0.4) is 0 Å². The van der Waals surface area contributed by atoms with E-state index in [9.17, 15) is 4.79 Å². The molecule has 1 fully saturated rings. The van der Waals surface area contributed by atoms with Crippen molar-refractivity contribution in [2.24, 2.45) is 0 Å². The summed E-state index contributed by atoms with van der Waals surface area (Å²) < 4.78 is 0. The highest BCUT2D eigenvalue weighted by Gasteiger charge is 2.27. The van der Waals surface area contributed by atoms with Crippen LogP contribution in [-0.2, 0) is 4.79 Å². The van der Waals surface area contributed by atoms with Gasteiger partial charge in [0, 0.05) is 32.5 Å². The Hall–Kier alpha value is -0.260. The average Bonchev–Trinajstić information content (AvgIpc) is 2.54. The van der Waals surface area contributed by atoms with Crippen molar-refractivity contribution in [1.82, 2.24) is 10.2 Å². The van der Waals surface area contributed by atoms with Gasteiger partial charge in [-0.25, -0.2) is 0 Å². The maximum atomic E-state index is 11.5. The fourth-order valence-electron chi connectivity index (χ4n) is 1.59. The van der Waals surface area contributed by atoms with E-state index in [0.717, 1.165) is 37.4 Å². The third kappa shape index (κ3) is 4.40. The zero-order valence-electron chi connectivity index (χ0n) is 9.24. The molecule has 1 heterocycles. The van der Waals surface area contributed by atoms with E-state index < -0.39 is 0 Å². The highest BCUT2D eigenvalue weighted by molar-refractivity contribution is 7.99. The molecule has 5 heteroatoms. The minimum Gasteiger partial charge on any atom is -0.396 e. The molecule has 0 radical (unpaired) electrons. The molecule has 0 saturated carbocycles. The van der Waals surface area contributed by atoms with Crippen LogP contribution in [0.4, 0.5) is 0 Å². The minimum absolute atomic E-state index is 0.0356. The van der Waals surface area contributed by atoms with E-state index in [1.807, 2.05) is 18.8 Å². The van der Waals surface area contributed by atoms with Crippen LogP contribution in [0.25, 0.3) is 0 Å². The number of likely N-dealkylation sites (tertiary alicyclic amines) is 1. The van der Waals surface area contributed by atoms with Gasteiger partial charge in [-0.05, 0) is 18.6 Å². The standard InChI is InChI=1S/C10H20N2O2S/c1-12-5-3-9(10(12)14)11-4-8-15-7-2-6-13/h9,11,13H,2-8H2,1H3. The maximum absolute atomic E-state index is 11.5. The number of carbonyl (C=O) groups excluding carboxylic acids is 1. The van der Waals surface area contributed by atoms with Crippen molar-refractivity contribution in [3.05, 3.63) is 0 Å². The Labute approximate surface area is 95.4 Å². The lowest BCUT2D eigenvalue weighted by atomic mass is 10.2. The van der Waals surface area contributed by atoms with Crippen LogP contribution in [0.1, 0.15) is 12.8 Å². The highest BCUT2D eigenvalue weighted by Crippen LogP contribution is 2.08. The number of likely N-dealkylation sites (N-methyl/N-ethyl adjacent to an activating group) is 1. The number of nitrogens with one attached hydrogen (secondary N) is 1. The van der Waals surface area contributed by atoms with Gasteiger partial charge in [-0.15, -0.1) is 0 Å². The summed E-state index contributed by atoms with van der Waals surface area (Å²) in [6, 6.07) is 0.0356. The number of thioether (sulfide) groups is 1. The van der Waals surface area contributed by atoms with E-state index in [1.54, 1.807) is 4.90 Å². The molecule has 0 aromatic heterocycles. The molecular formula is C10H20N2O2S. The number of aliphatic hydroxyl groups excluding tert-OH is 1. The Morgan fingerprint density at radius 2 is 2.40 bits per heavy atom. The summed E-state index contributed by atoms with van der Waals surface area (Å²) in [5, 5.41) is 11.8. The molecule has 0 aromatic rings. The molecule has 4 nitrogen and oxygen atoms in total. The summed E-state index contributed by atoms with van der Waals surface area (Å²) in [6.07, 6.45) is 1.78. The molecule has 1 atom stereocenters. The molecule has 2 N–H and O–H groups in total. The Morgan fingerprint density at radius 3 is 3.00 bits per heavy atom. The quantitative estimate of drug-likeness (QED) is 0.603. The van der Waals surface area contributed by atoms with Crippen molar-refractivity contribution in [1.29, 1.82) is 0 Å². The van der Waals surface area contributed by atoms with Crippen molar-refractivity contribution in [2.75, 3.05) is 38.2 Å². The maximum Gasteiger partial charge on any atom is 0.239 e. The van der Waals surface area contributed by atoms with Gasteiger partial charge in [-0.2, -0.15) is 11.8 Å². The molecule has 0 bridgehead atoms. The van der Waals surface area contributed by atoms with E-state index in [2.05, 4.69) is 5.32 Å². The van der Waals surface area contributed by atoms with Gasteiger partial charge in [0.1, 0.15) is 0 Å². The first kappa shape index (κ1) is 12.8. The third-order valence-corrected chi connectivity index (χ3v) is 3.58. The second-order valence-corrected chi connectivity index (χ2v) is 4.97. The van der Waals surface area contributed by atoms with Crippen molar-refractivity contribution in [3.63, 3.8) is 0 Å². The van der Waals surface area contributed by atoms with E-state index in [0.29, 0.717) is 0 Å². The van der Waals surface area contributed by atoms with Crippen LogP contribution < -0.4 is 5.32 Å². The molecule has 15 heavy (non-hydrogen) atoms. The lowest BCUT2D eigenvalue weighted by Gasteiger charge is -2.11. The van der Waals surface area contributed by atoms with Crippen molar-refractivity contribution >= 4 is 17.7 Å². The Bertz CT molecular complexity index is 202. The first-order chi connectivity index (χ1) is 7.25. The normalized spacial score (nSPS) is 21.3. The smallest absolute Gasteiger partial charge is 0.239 e. The molecule has 88 valence electrons. The predicted octanol–water partition coefficient (Wildman–Crippen LogP) is -0.0777. The molecule has 1 saturated heterocycles. The fraction of sp³-hybridized carbons (Fsp3) is 0.900. The number of hydrogen-bond donors (Lipinski definition) is 2. The van der Waals surface area contributed by atoms with Crippen LogP contribution in [0, 0.1) is 0 Å². The number of carbonyl (C=O) groups is 1. The molecular weight excluding hydrogens is 212 g/mol. The van der Waals surface area contributed by atoms with Crippen LogP contribution in [0.5, 0.6) is 0 Å². The average molecular weight is 232 g/mol. The SMILES string of the molecule is CN1CCC(NCCSCCCO)C1=O. The lowest BCUT2D eigenvalue weighted by Crippen LogP contribution is -2.37. The highest BCUT2D eigenvalue weighted by atomic mass is 32.2. The minimum atomic E-state index is 0.0356. The van der Waals surface area contributed by atoms with Crippen LogP contribution in [-0.4, -0.2) is 60.2 Å². The monoisotopic (exact) mass is 232 g/mol. The van der Waals surface area contributed by atoms with Crippen molar-refractivity contribution in [3.8, 4) is 0 Å². The van der Waals surface area contributed by atoms with Gasteiger partial charge in [0.15, 0.2) is 0 Å². The van der Waals surface area contributed by atoms with Gasteiger partial charge in [0.2, 0.25) is 5.91 Å². The van der Waals surface area contributed by atoms with E-state index in [4.69, 9.17) is 5.11 Å². The van der Waals surface area contributed by atoms with Gasteiger partial charge in [-0.1, -0.05) is 0 Å². The first-order valence-corrected chi connectivity index (χ1v) is 6.58. The summed E-state index contributed by atoms with van der Waals surface area (Å²) in [5.74, 6) is 2.22. The zero-order chi connectivity index (χ0) is 11.1. The Kier molecular flexibility index (Phi) is 6.05. The van der Waals surface area contributed by atoms with Crippen LogP contribution >= 0.6 is 11.8 Å². The van der Waals surface area contributed by atoms with Gasteiger partial charge >= 0.3 is 0 Å². The number of nitrogens with zero attached hydrogens (tertiary/aromatic N) is 1. The second-order valence-electron chi connectivity index (χ2n) is 3.74. The Balaban J connectivity index is 1.98. The molecule has 0 spiro atoms. The molecule has 1 aliphatic rings. The summed E-state index contributed by atoms with van der Waals surface area (Å²) in [4.78, 5) is 13.3. The van der Waals surface area contributed by atoms with E-state index >= 15 is 0 Å². The van der Waals surface area contributed by atoms with E-state index in [-0.39, 0.29) is 18.6 Å². The summed E-state index contributed by atoms with van der Waals surface area (Å²) >= 11 is 1.82. The number of aliphatic hydroxyl groups is 1. The summed E-state index contributed by atoms with van der Waals surface area (Å²) in [6.45, 7) is 2.01. The number of rotatable bonds is 7. The molecule has 0 aliphatic carbocycles. The van der Waals surface area contributed by atoms with Gasteiger partial charge < -0.3 is 15.3 Å². The van der Waals surface area contributed by atoms with Gasteiger partial charge in [0.25, 0.3) is 0 Å². The van der Waals surface area contributed by atoms with Gasteiger partial charge in [-0.3, -0.25) is 4.79 Å². The predicted molar refractivity (Wildman–Crippen MR) is 63.1 cm³/mol. The number of hydrogen-bond acceptors (Lipinski definition) is 4. The third-order valence-electron chi connectivity index (χ3n) is 2.51. The second kappa shape index (κ2) is 7.09. The fourth-order valence-corrected chi connectivity index (χ4v) is 2.39. The zero-order valence-corrected chi connectivity index (χ0v) is 10.1. The topological polar surface area (TPSA) is 52.6 Å². The molecule has 1 rings (SSSR count). The number of amides is 1. The summed E-state index contributed by atoms with van der Waals surface area (Å²) in [7, 11) is 1.85. The van der Waals surface area contributed by atoms with Crippen molar-refractivity contribution < 1.29 is 9.90 Å². The van der Waals surface area contributed by atoms with Gasteiger partial charge in [0.05, 0.1) is 6.04 Å². The Morgan fingerprint density at radius 1 is 1.60 bits per heavy atom. The molecule has 0 aromatic carbocycles. The van der Waals surface area contributed by atoms with Crippen LogP contribution in [0.15, 0.2) is 0 Å². The first-order valence-electron chi connectivity index (χ1n) is 5.42. The molecule has 1 amide bonds. The molecule has 1 unspecified atom stereocenters. The summed E-state index contributed by atoms with van der Waals surface area (Å²) in [5.41, 5.74) is 0. The van der Waals surface area contributed by atoms with Crippen LogP contribution in [0.2, 0.25) is 0 Å². The molecule has 1 aliphatic heterocycles. The van der Waals surface area contributed by atoms with E-state index in [1.165, 1.54) is 0 Å². The van der Waals surface area contributed by atoms with Crippen molar-refractivity contribution in [2.45, 2.75) is 18.9 Å².